The van der Waals surface area contributed by atoms with Gasteiger partial charge in [0, 0.05) is 44.5 Å². The lowest BCUT2D eigenvalue weighted by atomic mass is 10.1. The van der Waals surface area contributed by atoms with Gasteiger partial charge in [0.15, 0.2) is 0 Å². The van der Waals surface area contributed by atoms with Gasteiger partial charge in [0.25, 0.3) is 0 Å². The van der Waals surface area contributed by atoms with Crippen molar-refractivity contribution in [1.82, 2.24) is 4.98 Å². The molecule has 0 spiro atoms. The van der Waals surface area contributed by atoms with Crippen LogP contribution >= 0.6 is 0 Å². The highest BCUT2D eigenvalue weighted by molar-refractivity contribution is 5.78. The second-order valence-corrected chi connectivity index (χ2v) is 6.04. The van der Waals surface area contributed by atoms with Crippen molar-refractivity contribution in [3.8, 4) is 6.07 Å². The SMILES string of the molecule is CC(=O)Cc1ccc(N2CCN(c3ccc(C#N)cn3)CC2)cc1. The van der Waals surface area contributed by atoms with E-state index in [0.717, 1.165) is 37.6 Å². The summed E-state index contributed by atoms with van der Waals surface area (Å²) in [6.07, 6.45) is 2.12. The molecule has 5 nitrogen and oxygen atoms in total. The van der Waals surface area contributed by atoms with Crippen molar-refractivity contribution in [3.05, 3.63) is 53.7 Å². The van der Waals surface area contributed by atoms with Crippen LogP contribution in [0.3, 0.4) is 0 Å². The molecule has 1 fully saturated rings. The number of nitriles is 1. The van der Waals surface area contributed by atoms with E-state index < -0.39 is 0 Å². The van der Waals surface area contributed by atoms with Gasteiger partial charge in [0.1, 0.15) is 17.7 Å². The van der Waals surface area contributed by atoms with Gasteiger partial charge in [-0.2, -0.15) is 5.26 Å². The van der Waals surface area contributed by atoms with E-state index >= 15 is 0 Å². The lowest BCUT2D eigenvalue weighted by Gasteiger charge is -2.36. The van der Waals surface area contributed by atoms with E-state index in [1.165, 1.54) is 5.69 Å². The molecule has 2 aromatic rings. The smallest absolute Gasteiger partial charge is 0.134 e. The molecular formula is C19H20N4O. The Morgan fingerprint density at radius 2 is 1.75 bits per heavy atom. The molecule has 24 heavy (non-hydrogen) atoms. The first-order chi connectivity index (χ1) is 11.7. The first-order valence-electron chi connectivity index (χ1n) is 8.10. The van der Waals surface area contributed by atoms with Crippen molar-refractivity contribution in [2.45, 2.75) is 13.3 Å². The van der Waals surface area contributed by atoms with E-state index in [1.807, 2.05) is 24.3 Å². The number of aromatic nitrogens is 1. The highest BCUT2D eigenvalue weighted by atomic mass is 16.1. The number of piperazine rings is 1. The third kappa shape index (κ3) is 3.72. The summed E-state index contributed by atoms with van der Waals surface area (Å²) in [7, 11) is 0. The number of hydrogen-bond acceptors (Lipinski definition) is 5. The fourth-order valence-corrected chi connectivity index (χ4v) is 2.95. The number of pyridine rings is 1. The fraction of sp³-hybridized carbons (Fsp3) is 0.316. The van der Waals surface area contributed by atoms with E-state index in [1.54, 1.807) is 13.1 Å². The molecule has 0 atom stereocenters. The first-order valence-corrected chi connectivity index (χ1v) is 8.10. The monoisotopic (exact) mass is 320 g/mol. The number of carbonyl (C=O) groups is 1. The molecule has 1 saturated heterocycles. The predicted molar refractivity (Wildman–Crippen MR) is 94.2 cm³/mol. The Labute approximate surface area is 142 Å². The Morgan fingerprint density at radius 3 is 2.29 bits per heavy atom. The minimum absolute atomic E-state index is 0.186. The van der Waals surface area contributed by atoms with Crippen LogP contribution in [0.1, 0.15) is 18.1 Å². The van der Waals surface area contributed by atoms with Gasteiger partial charge >= 0.3 is 0 Å². The van der Waals surface area contributed by atoms with E-state index in [9.17, 15) is 4.79 Å². The predicted octanol–water partition coefficient (Wildman–Crippen LogP) is 2.41. The zero-order chi connectivity index (χ0) is 16.9. The summed E-state index contributed by atoms with van der Waals surface area (Å²) < 4.78 is 0. The minimum Gasteiger partial charge on any atom is -0.368 e. The molecule has 0 saturated carbocycles. The maximum absolute atomic E-state index is 11.2. The van der Waals surface area contributed by atoms with Crippen molar-refractivity contribution in [3.63, 3.8) is 0 Å². The maximum atomic E-state index is 11.2. The van der Waals surface area contributed by atoms with Crippen molar-refractivity contribution < 1.29 is 4.79 Å². The van der Waals surface area contributed by atoms with Crippen LogP contribution in [0.5, 0.6) is 0 Å². The largest absolute Gasteiger partial charge is 0.368 e. The number of anilines is 2. The third-order valence-corrected chi connectivity index (χ3v) is 4.24. The summed E-state index contributed by atoms with van der Waals surface area (Å²) in [5.74, 6) is 1.11. The van der Waals surface area contributed by atoms with Crippen LogP contribution in [0.4, 0.5) is 11.5 Å². The summed E-state index contributed by atoms with van der Waals surface area (Å²) in [6, 6.07) is 14.1. The summed E-state index contributed by atoms with van der Waals surface area (Å²) in [5.41, 5.74) is 2.84. The number of ketones is 1. The van der Waals surface area contributed by atoms with Gasteiger partial charge in [0.2, 0.25) is 0 Å². The Balaban J connectivity index is 1.60. The molecule has 0 amide bonds. The van der Waals surface area contributed by atoms with Gasteiger partial charge in [0.05, 0.1) is 5.56 Å². The number of nitrogens with zero attached hydrogens (tertiary/aromatic N) is 4. The Kier molecular flexibility index (Phi) is 4.76. The van der Waals surface area contributed by atoms with Crippen molar-refractivity contribution in [2.75, 3.05) is 36.0 Å². The average molecular weight is 320 g/mol. The van der Waals surface area contributed by atoms with Crippen LogP contribution in [0, 0.1) is 11.3 Å². The maximum Gasteiger partial charge on any atom is 0.134 e. The lowest BCUT2D eigenvalue weighted by Crippen LogP contribution is -2.46. The van der Waals surface area contributed by atoms with Crippen LogP contribution in [-0.2, 0) is 11.2 Å². The van der Waals surface area contributed by atoms with E-state index in [2.05, 4.69) is 33.0 Å². The van der Waals surface area contributed by atoms with Crippen molar-refractivity contribution in [1.29, 1.82) is 5.26 Å². The number of benzene rings is 1. The summed E-state index contributed by atoms with van der Waals surface area (Å²) >= 11 is 0. The summed E-state index contributed by atoms with van der Waals surface area (Å²) in [5, 5.41) is 8.84. The topological polar surface area (TPSA) is 60.2 Å². The van der Waals surface area contributed by atoms with E-state index in [0.29, 0.717) is 12.0 Å². The quantitative estimate of drug-likeness (QED) is 0.866. The molecule has 0 radical (unpaired) electrons. The number of hydrogen-bond donors (Lipinski definition) is 0. The highest BCUT2D eigenvalue weighted by Crippen LogP contribution is 2.20. The number of rotatable bonds is 4. The van der Waals surface area contributed by atoms with E-state index in [4.69, 9.17) is 5.26 Å². The van der Waals surface area contributed by atoms with E-state index in [-0.39, 0.29) is 5.78 Å². The van der Waals surface area contributed by atoms with Gasteiger partial charge in [-0.1, -0.05) is 12.1 Å². The molecule has 0 unspecified atom stereocenters. The van der Waals surface area contributed by atoms with Crippen molar-refractivity contribution in [2.24, 2.45) is 0 Å². The molecule has 0 aliphatic carbocycles. The summed E-state index contributed by atoms with van der Waals surface area (Å²) in [4.78, 5) is 20.1. The molecular weight excluding hydrogens is 300 g/mol. The van der Waals surface area contributed by atoms with Crippen LogP contribution < -0.4 is 9.80 Å². The van der Waals surface area contributed by atoms with Crippen molar-refractivity contribution >= 4 is 17.3 Å². The lowest BCUT2D eigenvalue weighted by molar-refractivity contribution is -0.116. The Morgan fingerprint density at radius 1 is 1.08 bits per heavy atom. The van der Waals surface area contributed by atoms with Gasteiger partial charge in [-0.05, 0) is 36.8 Å². The number of carbonyl (C=O) groups excluding carboxylic acids is 1. The Bertz CT molecular complexity index is 738. The number of Topliss-reactive ketones (excluding diaryl/α,β-unsaturated/α-hetero) is 1. The molecule has 1 aliphatic rings. The van der Waals surface area contributed by atoms with Crippen LogP contribution in [-0.4, -0.2) is 36.9 Å². The Hall–Kier alpha value is -2.87. The second-order valence-electron chi connectivity index (χ2n) is 6.04. The minimum atomic E-state index is 0.186. The third-order valence-electron chi connectivity index (χ3n) is 4.24. The van der Waals surface area contributed by atoms with Gasteiger partial charge in [-0.3, -0.25) is 4.79 Å². The zero-order valence-electron chi connectivity index (χ0n) is 13.8. The van der Waals surface area contributed by atoms with Gasteiger partial charge in [-0.15, -0.1) is 0 Å². The average Bonchev–Trinajstić information content (AvgIpc) is 2.62. The normalized spacial score (nSPS) is 14.3. The summed E-state index contributed by atoms with van der Waals surface area (Å²) in [6.45, 7) is 5.26. The molecule has 1 aromatic heterocycles. The molecule has 0 N–H and O–H groups in total. The van der Waals surface area contributed by atoms with Crippen LogP contribution in [0.25, 0.3) is 0 Å². The molecule has 5 heteroatoms. The molecule has 3 rings (SSSR count). The van der Waals surface area contributed by atoms with Gasteiger partial charge < -0.3 is 9.80 Å². The molecule has 1 aliphatic heterocycles. The zero-order valence-corrected chi connectivity index (χ0v) is 13.8. The van der Waals surface area contributed by atoms with Crippen LogP contribution in [0.2, 0.25) is 0 Å². The molecule has 2 heterocycles. The fourth-order valence-electron chi connectivity index (χ4n) is 2.95. The van der Waals surface area contributed by atoms with Crippen LogP contribution in [0.15, 0.2) is 42.6 Å². The molecule has 0 bridgehead atoms. The first kappa shape index (κ1) is 16.0. The highest BCUT2D eigenvalue weighted by Gasteiger charge is 2.18. The molecule has 1 aromatic carbocycles. The second kappa shape index (κ2) is 7.14. The standard InChI is InChI=1S/C19H20N4O/c1-15(24)12-16-2-5-18(6-3-16)22-8-10-23(11-9-22)19-7-4-17(13-20)14-21-19/h2-7,14H,8-12H2,1H3. The molecule has 122 valence electrons. The van der Waals surface area contributed by atoms with Gasteiger partial charge in [-0.25, -0.2) is 4.98 Å².